The lowest BCUT2D eigenvalue weighted by Gasteiger charge is -2.12. The van der Waals surface area contributed by atoms with E-state index in [0.29, 0.717) is 23.1 Å². The van der Waals surface area contributed by atoms with Crippen LogP contribution in [0.15, 0.2) is 36.4 Å². The van der Waals surface area contributed by atoms with E-state index in [9.17, 15) is 5.11 Å². The molecule has 2 aromatic carbocycles. The van der Waals surface area contributed by atoms with E-state index in [0.717, 1.165) is 11.3 Å². The molecule has 0 atom stereocenters. The highest BCUT2D eigenvalue weighted by molar-refractivity contribution is 6.32. The minimum atomic E-state index is 0.240. The van der Waals surface area contributed by atoms with E-state index in [2.05, 4.69) is 5.32 Å². The maximum absolute atomic E-state index is 9.23. The van der Waals surface area contributed by atoms with Gasteiger partial charge in [-0.15, -0.1) is 0 Å². The van der Waals surface area contributed by atoms with Gasteiger partial charge >= 0.3 is 0 Å². The predicted octanol–water partition coefficient (Wildman–Crippen LogP) is 3.67. The van der Waals surface area contributed by atoms with Crippen molar-refractivity contribution in [1.29, 1.82) is 0 Å². The summed E-state index contributed by atoms with van der Waals surface area (Å²) in [5.41, 5.74) is 1.88. The van der Waals surface area contributed by atoms with E-state index in [1.807, 2.05) is 12.1 Å². The summed E-state index contributed by atoms with van der Waals surface area (Å²) >= 11 is 6.15. The minimum absolute atomic E-state index is 0.240. The third kappa shape index (κ3) is 3.27. The van der Waals surface area contributed by atoms with Crippen molar-refractivity contribution in [1.82, 2.24) is 0 Å². The van der Waals surface area contributed by atoms with Gasteiger partial charge in [0, 0.05) is 12.2 Å². The minimum Gasteiger partial charge on any atom is -0.508 e. The Morgan fingerprint density at radius 1 is 1.10 bits per heavy atom. The topological polar surface area (TPSA) is 50.7 Å². The average molecular weight is 294 g/mol. The van der Waals surface area contributed by atoms with Gasteiger partial charge in [0.1, 0.15) is 5.75 Å². The molecule has 5 heteroatoms. The first-order valence-electron chi connectivity index (χ1n) is 6.07. The molecule has 106 valence electrons. The number of rotatable bonds is 5. The summed E-state index contributed by atoms with van der Waals surface area (Å²) in [5.74, 6) is 1.37. The Hall–Kier alpha value is -2.07. The smallest absolute Gasteiger partial charge is 0.179 e. The average Bonchev–Trinajstić information content (AvgIpc) is 2.46. The third-order valence-electron chi connectivity index (χ3n) is 2.86. The van der Waals surface area contributed by atoms with Crippen LogP contribution in [-0.2, 0) is 6.54 Å². The predicted molar refractivity (Wildman–Crippen MR) is 80.0 cm³/mol. The van der Waals surface area contributed by atoms with Gasteiger partial charge in [0.25, 0.3) is 0 Å². The number of methoxy groups -OCH3 is 2. The van der Waals surface area contributed by atoms with Crippen LogP contribution in [0.3, 0.4) is 0 Å². The fourth-order valence-electron chi connectivity index (χ4n) is 1.86. The van der Waals surface area contributed by atoms with Crippen LogP contribution in [0, 0.1) is 0 Å². The molecule has 20 heavy (non-hydrogen) atoms. The summed E-state index contributed by atoms with van der Waals surface area (Å²) in [5, 5.41) is 13.0. The van der Waals surface area contributed by atoms with Crippen molar-refractivity contribution in [2.75, 3.05) is 19.5 Å². The van der Waals surface area contributed by atoms with E-state index in [-0.39, 0.29) is 5.75 Å². The quantitative estimate of drug-likeness (QED) is 0.826. The molecule has 0 fully saturated rings. The molecule has 0 aliphatic rings. The number of hydrogen-bond donors (Lipinski definition) is 2. The SMILES string of the molecule is COc1cc(CNc2ccc(O)cc2)cc(Cl)c1OC. The first-order chi connectivity index (χ1) is 9.63. The molecule has 2 rings (SSSR count). The summed E-state index contributed by atoms with van der Waals surface area (Å²) in [6.07, 6.45) is 0. The molecule has 2 N–H and O–H groups in total. The summed E-state index contributed by atoms with van der Waals surface area (Å²) in [4.78, 5) is 0. The van der Waals surface area contributed by atoms with Gasteiger partial charge in [0.2, 0.25) is 0 Å². The number of hydrogen-bond acceptors (Lipinski definition) is 4. The van der Waals surface area contributed by atoms with Crippen molar-refractivity contribution >= 4 is 17.3 Å². The first-order valence-corrected chi connectivity index (χ1v) is 6.45. The summed E-state index contributed by atoms with van der Waals surface area (Å²) < 4.78 is 10.4. The number of phenolic OH excluding ortho intramolecular Hbond substituents is 1. The van der Waals surface area contributed by atoms with Crippen molar-refractivity contribution in [2.45, 2.75) is 6.54 Å². The Labute approximate surface area is 122 Å². The van der Waals surface area contributed by atoms with Gasteiger partial charge in [-0.2, -0.15) is 0 Å². The number of halogens is 1. The van der Waals surface area contributed by atoms with Crippen LogP contribution in [-0.4, -0.2) is 19.3 Å². The summed E-state index contributed by atoms with van der Waals surface area (Å²) in [6, 6.07) is 10.6. The molecule has 0 radical (unpaired) electrons. The molecule has 0 unspecified atom stereocenters. The molecule has 2 aromatic rings. The highest BCUT2D eigenvalue weighted by Crippen LogP contribution is 2.36. The highest BCUT2D eigenvalue weighted by Gasteiger charge is 2.10. The van der Waals surface area contributed by atoms with Crippen molar-refractivity contribution < 1.29 is 14.6 Å². The van der Waals surface area contributed by atoms with Gasteiger partial charge in [-0.05, 0) is 42.0 Å². The molecular formula is C15H16ClNO3. The number of phenols is 1. The van der Waals surface area contributed by atoms with Gasteiger partial charge in [-0.25, -0.2) is 0 Å². The van der Waals surface area contributed by atoms with Crippen molar-refractivity contribution in [3.05, 3.63) is 47.0 Å². The van der Waals surface area contributed by atoms with Crippen LogP contribution in [0.1, 0.15) is 5.56 Å². The molecule has 0 heterocycles. The fraction of sp³-hybridized carbons (Fsp3) is 0.200. The molecule has 4 nitrogen and oxygen atoms in total. The zero-order chi connectivity index (χ0) is 14.5. The Kier molecular flexibility index (Phi) is 4.58. The largest absolute Gasteiger partial charge is 0.508 e. The van der Waals surface area contributed by atoms with Gasteiger partial charge in [-0.3, -0.25) is 0 Å². The van der Waals surface area contributed by atoms with Crippen LogP contribution in [0.5, 0.6) is 17.2 Å². The van der Waals surface area contributed by atoms with Gasteiger partial charge in [0.15, 0.2) is 11.5 Å². The van der Waals surface area contributed by atoms with E-state index < -0.39 is 0 Å². The maximum Gasteiger partial charge on any atom is 0.179 e. The zero-order valence-electron chi connectivity index (χ0n) is 11.3. The Morgan fingerprint density at radius 3 is 2.40 bits per heavy atom. The molecule has 0 aromatic heterocycles. The number of ether oxygens (including phenoxy) is 2. The second kappa shape index (κ2) is 6.39. The van der Waals surface area contributed by atoms with E-state index in [1.54, 1.807) is 38.5 Å². The van der Waals surface area contributed by atoms with Crippen molar-refractivity contribution in [3.63, 3.8) is 0 Å². The second-order valence-corrected chi connectivity index (χ2v) is 4.62. The maximum atomic E-state index is 9.23. The molecule has 0 bridgehead atoms. The van der Waals surface area contributed by atoms with Crippen molar-refractivity contribution in [2.24, 2.45) is 0 Å². The monoisotopic (exact) mass is 293 g/mol. The van der Waals surface area contributed by atoms with E-state index in [1.165, 1.54) is 0 Å². The third-order valence-corrected chi connectivity index (χ3v) is 3.14. The Balaban J connectivity index is 2.13. The second-order valence-electron chi connectivity index (χ2n) is 4.21. The zero-order valence-corrected chi connectivity index (χ0v) is 12.1. The summed E-state index contributed by atoms with van der Waals surface area (Å²) in [6.45, 7) is 0.588. The Morgan fingerprint density at radius 2 is 1.80 bits per heavy atom. The number of anilines is 1. The molecule has 0 spiro atoms. The van der Waals surface area contributed by atoms with Crippen LogP contribution < -0.4 is 14.8 Å². The van der Waals surface area contributed by atoms with Crippen LogP contribution in [0.25, 0.3) is 0 Å². The Bertz CT molecular complexity index is 584. The molecule has 0 aliphatic heterocycles. The fourth-order valence-corrected chi connectivity index (χ4v) is 2.17. The molecule has 0 amide bonds. The molecular weight excluding hydrogens is 278 g/mol. The standard InChI is InChI=1S/C15H16ClNO3/c1-19-14-8-10(7-13(16)15(14)20-2)9-17-11-3-5-12(18)6-4-11/h3-8,17-18H,9H2,1-2H3. The molecule has 0 saturated heterocycles. The van der Waals surface area contributed by atoms with Gasteiger partial charge < -0.3 is 19.9 Å². The van der Waals surface area contributed by atoms with Crippen LogP contribution in [0.2, 0.25) is 5.02 Å². The number of benzene rings is 2. The first kappa shape index (κ1) is 14.3. The van der Waals surface area contributed by atoms with Gasteiger partial charge in [-0.1, -0.05) is 11.6 Å². The number of nitrogens with one attached hydrogen (secondary N) is 1. The lowest BCUT2D eigenvalue weighted by Crippen LogP contribution is -2.01. The lowest BCUT2D eigenvalue weighted by atomic mass is 10.2. The summed E-state index contributed by atoms with van der Waals surface area (Å²) in [7, 11) is 3.13. The van der Waals surface area contributed by atoms with Crippen LogP contribution in [0.4, 0.5) is 5.69 Å². The highest BCUT2D eigenvalue weighted by atomic mass is 35.5. The molecule has 0 saturated carbocycles. The van der Waals surface area contributed by atoms with Gasteiger partial charge in [0.05, 0.1) is 19.2 Å². The number of aromatic hydroxyl groups is 1. The van der Waals surface area contributed by atoms with E-state index >= 15 is 0 Å². The normalized spacial score (nSPS) is 10.2. The molecule has 0 aliphatic carbocycles. The van der Waals surface area contributed by atoms with Crippen LogP contribution >= 0.6 is 11.6 Å². The lowest BCUT2D eigenvalue weighted by molar-refractivity contribution is 0.355. The van der Waals surface area contributed by atoms with Crippen molar-refractivity contribution in [3.8, 4) is 17.2 Å². The van der Waals surface area contributed by atoms with E-state index in [4.69, 9.17) is 21.1 Å².